The molecule has 10 heteroatoms. The lowest BCUT2D eigenvalue weighted by Crippen LogP contribution is -2.63. The van der Waals surface area contributed by atoms with Crippen LogP contribution in [-0.2, 0) is 0 Å². The van der Waals surface area contributed by atoms with Gasteiger partial charge in [-0.1, -0.05) is 12.6 Å². The third kappa shape index (κ3) is 2.57. The van der Waals surface area contributed by atoms with E-state index < -0.39 is 12.8 Å². The standard InChI is InChI=1S/C2H4B10/c3-9(4)11(7)12(10(5)6)8-1-2-8/h1-2H2. The van der Waals surface area contributed by atoms with Crippen molar-refractivity contribution in [1.82, 2.24) is 0 Å². The predicted molar refractivity (Wildman–Crippen MR) is 67.2 cm³/mol. The minimum Gasteiger partial charge on any atom is -0.0888 e. The molecule has 0 aromatic rings. The van der Waals surface area contributed by atoms with Gasteiger partial charge in [-0.25, -0.2) is 0 Å². The minimum atomic E-state index is -0.523. The number of rotatable bonds is 4. The lowest BCUT2D eigenvalue weighted by molar-refractivity contribution is 1.69. The van der Waals surface area contributed by atoms with Gasteiger partial charge in [0.05, 0.1) is 6.60 Å². The summed E-state index contributed by atoms with van der Waals surface area (Å²) in [5.74, 6) is 0. The van der Waals surface area contributed by atoms with Crippen LogP contribution in [0.5, 0.6) is 0 Å². The maximum absolute atomic E-state index is 5.79. The van der Waals surface area contributed by atoms with E-state index in [-0.39, 0.29) is 12.8 Å². The van der Waals surface area contributed by atoms with Gasteiger partial charge in [0.15, 0.2) is 0 Å². The van der Waals surface area contributed by atoms with E-state index in [1.165, 1.54) is 0 Å². The Morgan fingerprint density at radius 2 is 1.33 bits per heavy atom. The average Bonchev–Trinajstić information content (AvgIpc) is 2.70. The Balaban J connectivity index is 2.52. The number of hydrogen-bond acceptors (Lipinski definition) is 0. The van der Waals surface area contributed by atoms with Gasteiger partial charge in [0, 0.05) is 64.2 Å². The van der Waals surface area contributed by atoms with Crippen molar-refractivity contribution >= 4 is 70.8 Å². The molecule has 1 aliphatic heterocycles. The molecule has 0 nitrogen and oxygen atoms in total. The average molecular weight is 136 g/mol. The van der Waals surface area contributed by atoms with Gasteiger partial charge in [-0.05, 0) is 0 Å². The van der Waals surface area contributed by atoms with Crippen molar-refractivity contribution in [3.8, 4) is 0 Å². The number of hydrogen-bond donors (Lipinski definition) is 0. The lowest BCUT2D eigenvalue weighted by Gasteiger charge is -2.24. The van der Waals surface area contributed by atoms with Gasteiger partial charge < -0.3 is 0 Å². The van der Waals surface area contributed by atoms with Crippen LogP contribution in [0.2, 0.25) is 12.6 Å². The highest BCUT2D eigenvalue weighted by Gasteiger charge is 2.41. The van der Waals surface area contributed by atoms with Crippen molar-refractivity contribution in [2.45, 2.75) is 12.6 Å². The molecule has 0 amide bonds. The van der Waals surface area contributed by atoms with Crippen LogP contribution in [-0.4, -0.2) is 70.8 Å². The molecule has 12 heavy (non-hydrogen) atoms. The molecule has 0 saturated carbocycles. The lowest BCUT2D eigenvalue weighted by atomic mass is 8.57. The molecule has 0 aromatic heterocycles. The fourth-order valence-electron chi connectivity index (χ4n) is 1.62. The summed E-state index contributed by atoms with van der Waals surface area (Å²) < 4.78 is 0. The first-order chi connectivity index (χ1) is 5.54. The molecular weight excluding hydrogens is 132 g/mol. The summed E-state index contributed by atoms with van der Waals surface area (Å²) in [7, 11) is 28.0. The fraction of sp³-hybridized carbons (Fsp3) is 1.00. The van der Waals surface area contributed by atoms with Crippen molar-refractivity contribution in [3.05, 3.63) is 0 Å². The second kappa shape index (κ2) is 4.24. The molecular formula is C2H4B10. The first-order valence-corrected chi connectivity index (χ1v) is 4.32. The quantitative estimate of drug-likeness (QED) is 0.364. The summed E-state index contributed by atoms with van der Waals surface area (Å²) >= 11 is 0. The molecule has 0 aliphatic carbocycles. The maximum Gasteiger partial charge on any atom is 0.0886 e. The Bertz CT molecular complexity index is 137. The SMILES string of the molecule is [B]B([B])B([B])B(B([B])[B])B1CC1. The normalized spacial score (nSPS) is 13.8. The fourth-order valence-corrected chi connectivity index (χ4v) is 1.62. The third-order valence-corrected chi connectivity index (χ3v) is 2.50. The molecule has 1 fully saturated rings. The van der Waals surface area contributed by atoms with E-state index in [4.69, 9.17) is 38.7 Å². The second-order valence-electron chi connectivity index (χ2n) is 3.65. The van der Waals surface area contributed by atoms with Crippen LogP contribution >= 0.6 is 0 Å². The van der Waals surface area contributed by atoms with Gasteiger partial charge in [-0.2, -0.15) is 0 Å². The highest BCUT2D eigenvalue weighted by molar-refractivity contribution is 8.00. The molecule has 0 spiro atoms. The molecule has 0 N–H and O–H groups in total. The van der Waals surface area contributed by atoms with Crippen LogP contribution in [0.4, 0.5) is 0 Å². The first-order valence-electron chi connectivity index (χ1n) is 4.32. The zero-order valence-electron chi connectivity index (χ0n) is 7.19. The Hall–Kier alpha value is 0.649. The van der Waals surface area contributed by atoms with Crippen molar-refractivity contribution in [3.63, 3.8) is 0 Å². The Morgan fingerprint density at radius 3 is 1.58 bits per heavy atom. The van der Waals surface area contributed by atoms with Crippen molar-refractivity contribution in [2.75, 3.05) is 0 Å². The molecule has 0 atom stereocenters. The highest BCUT2D eigenvalue weighted by atomic mass is 13.8. The van der Waals surface area contributed by atoms with E-state index in [1.807, 2.05) is 0 Å². The van der Waals surface area contributed by atoms with Gasteiger partial charge >= 0.3 is 0 Å². The molecule has 10 radical (unpaired) electrons. The van der Waals surface area contributed by atoms with E-state index in [0.717, 1.165) is 12.6 Å². The van der Waals surface area contributed by atoms with Crippen LogP contribution in [0.15, 0.2) is 0 Å². The van der Waals surface area contributed by atoms with Crippen LogP contribution in [0.3, 0.4) is 0 Å². The van der Waals surface area contributed by atoms with Crippen molar-refractivity contribution in [1.29, 1.82) is 0 Å². The monoisotopic (exact) mass is 138 g/mol. The van der Waals surface area contributed by atoms with E-state index in [1.54, 1.807) is 0 Å². The molecule has 1 aliphatic rings. The molecule has 0 bridgehead atoms. The van der Waals surface area contributed by atoms with Gasteiger partial charge in [-0.15, -0.1) is 0 Å². The summed E-state index contributed by atoms with van der Waals surface area (Å²) in [6, 6.07) is 0. The van der Waals surface area contributed by atoms with E-state index in [2.05, 4.69) is 0 Å². The molecule has 42 valence electrons. The maximum atomic E-state index is 5.79. The predicted octanol–water partition coefficient (Wildman–Crippen LogP) is -2.89. The summed E-state index contributed by atoms with van der Waals surface area (Å²) in [5, 5.41) is 0. The minimum absolute atomic E-state index is 0.0741. The van der Waals surface area contributed by atoms with Crippen LogP contribution in [0.25, 0.3) is 0 Å². The summed E-state index contributed by atoms with van der Waals surface area (Å²) in [4.78, 5) is 0. The second-order valence-corrected chi connectivity index (χ2v) is 3.65. The van der Waals surface area contributed by atoms with E-state index >= 15 is 0 Å². The van der Waals surface area contributed by atoms with Crippen LogP contribution in [0.1, 0.15) is 0 Å². The molecule has 0 unspecified atom stereocenters. The van der Waals surface area contributed by atoms with Gasteiger partial charge in [0.25, 0.3) is 0 Å². The highest BCUT2D eigenvalue weighted by Crippen LogP contribution is 2.24. The zero-order valence-corrected chi connectivity index (χ0v) is 7.19. The van der Waals surface area contributed by atoms with Crippen molar-refractivity contribution in [2.24, 2.45) is 0 Å². The smallest absolute Gasteiger partial charge is 0.0886 e. The molecule has 1 saturated heterocycles. The van der Waals surface area contributed by atoms with E-state index in [9.17, 15) is 0 Å². The van der Waals surface area contributed by atoms with Crippen molar-refractivity contribution < 1.29 is 0 Å². The molecule has 1 heterocycles. The topological polar surface area (TPSA) is 0 Å². The molecule has 0 aromatic carbocycles. The van der Waals surface area contributed by atoms with Crippen LogP contribution in [0, 0.1) is 0 Å². The third-order valence-electron chi connectivity index (χ3n) is 2.50. The van der Waals surface area contributed by atoms with Gasteiger partial charge in [0.1, 0.15) is 0 Å². The Kier molecular flexibility index (Phi) is 3.79. The summed E-state index contributed by atoms with van der Waals surface area (Å²) in [5.41, 5.74) is 0. The Labute approximate surface area is 83.8 Å². The van der Waals surface area contributed by atoms with Gasteiger partial charge in [-0.3, -0.25) is 0 Å². The zero-order chi connectivity index (χ0) is 9.30. The molecule has 1 rings (SSSR count). The van der Waals surface area contributed by atoms with Crippen LogP contribution < -0.4 is 0 Å². The van der Waals surface area contributed by atoms with E-state index in [0.29, 0.717) is 6.60 Å². The summed E-state index contributed by atoms with van der Waals surface area (Å²) in [6.07, 6.45) is 1.17. The first kappa shape index (κ1) is 10.7. The van der Waals surface area contributed by atoms with Gasteiger partial charge in [0.2, 0.25) is 0 Å². The largest absolute Gasteiger partial charge is 0.0888 e. The summed E-state index contributed by atoms with van der Waals surface area (Å²) in [6.45, 7) is 0.537. The Morgan fingerprint density at radius 1 is 0.833 bits per heavy atom.